The van der Waals surface area contributed by atoms with Crippen molar-refractivity contribution in [1.82, 2.24) is 0 Å². The molecule has 4 aromatic rings. The van der Waals surface area contributed by atoms with E-state index in [4.69, 9.17) is 18.9 Å². The van der Waals surface area contributed by atoms with Gasteiger partial charge in [-0.05, 0) is 165 Å². The van der Waals surface area contributed by atoms with Crippen LogP contribution >= 0.6 is 0 Å². The summed E-state index contributed by atoms with van der Waals surface area (Å²) in [6.45, 7) is 47.5. The number of rotatable bonds is 32. The van der Waals surface area contributed by atoms with Crippen LogP contribution in [0.4, 0.5) is 0 Å². The summed E-state index contributed by atoms with van der Waals surface area (Å²) in [7, 11) is 0. The van der Waals surface area contributed by atoms with Gasteiger partial charge in [-0.2, -0.15) is 0 Å². The van der Waals surface area contributed by atoms with E-state index in [0.29, 0.717) is 26.4 Å². The van der Waals surface area contributed by atoms with Gasteiger partial charge in [-0.25, -0.2) is 0 Å². The van der Waals surface area contributed by atoms with Gasteiger partial charge < -0.3 is 36.9 Å². The van der Waals surface area contributed by atoms with Crippen LogP contribution in [-0.2, 0) is 0 Å². The monoisotopic (exact) mass is 909 g/mol. The van der Waals surface area contributed by atoms with E-state index >= 15 is 0 Å². The number of benzene rings is 4. The van der Waals surface area contributed by atoms with Crippen LogP contribution in [0.2, 0.25) is 0 Å². The third kappa shape index (κ3) is 14.3. The molecule has 364 valence electrons. The number of nitrogens with zero attached hydrogens (tertiary/aromatic N) is 4. The van der Waals surface area contributed by atoms with E-state index in [-0.39, 0.29) is 0 Å². The van der Waals surface area contributed by atoms with E-state index in [2.05, 4.69) is 180 Å². The van der Waals surface area contributed by atoms with Gasteiger partial charge in [-0.1, -0.05) is 48.5 Å². The van der Waals surface area contributed by atoms with Crippen LogP contribution < -0.4 is 18.9 Å². The van der Waals surface area contributed by atoms with Crippen molar-refractivity contribution in [3.05, 3.63) is 119 Å². The minimum atomic E-state index is 0.687. The second kappa shape index (κ2) is 26.9. The molecule has 0 fully saturated rings. The van der Waals surface area contributed by atoms with Gasteiger partial charge in [0.2, 0.25) is 0 Å². The zero-order valence-corrected chi connectivity index (χ0v) is 43.8. The largest absolute Gasteiger partial charge is 0.488 e. The fourth-order valence-corrected chi connectivity index (χ4v) is 9.79. The lowest BCUT2D eigenvalue weighted by Gasteiger charge is -2.35. The molecule has 0 saturated heterocycles. The number of likely N-dealkylation sites (N-methyl/N-ethyl adjacent to an activating group) is 4. The minimum Gasteiger partial charge on any atom is -0.488 e. The van der Waals surface area contributed by atoms with Crippen molar-refractivity contribution in [3.8, 4) is 23.0 Å². The second-order valence-corrected chi connectivity index (χ2v) is 18.3. The van der Waals surface area contributed by atoms with Crippen molar-refractivity contribution in [2.24, 2.45) is 0 Å². The smallest absolute Gasteiger partial charge is 0.137 e. The lowest BCUT2D eigenvalue weighted by molar-refractivity contribution is -0.923. The van der Waals surface area contributed by atoms with Gasteiger partial charge in [0.1, 0.15) is 75.6 Å². The number of quaternary nitrogens is 4. The molecule has 0 bridgehead atoms. The lowest BCUT2D eigenvalue weighted by Crippen LogP contribution is -2.49. The van der Waals surface area contributed by atoms with Gasteiger partial charge in [0, 0.05) is 0 Å². The van der Waals surface area contributed by atoms with Crippen LogP contribution in [0.5, 0.6) is 23.0 Å². The molecule has 0 aliphatic rings. The normalized spacial score (nSPS) is 12.2. The average Bonchev–Trinajstić information content (AvgIpc) is 3.38. The zero-order chi connectivity index (χ0) is 48.1. The molecule has 0 aliphatic carbocycles. The highest BCUT2D eigenvalue weighted by molar-refractivity contribution is 6.04. The summed E-state index contributed by atoms with van der Waals surface area (Å²) in [5.41, 5.74) is 6.74. The van der Waals surface area contributed by atoms with Gasteiger partial charge in [0.05, 0.1) is 78.5 Å². The van der Waals surface area contributed by atoms with E-state index in [1.54, 1.807) is 0 Å². The third-order valence-electron chi connectivity index (χ3n) is 16.2. The predicted octanol–water partition coefficient (Wildman–Crippen LogP) is 11.7. The molecule has 0 aromatic heterocycles. The Balaban J connectivity index is 1.81. The first-order valence-electron chi connectivity index (χ1n) is 26.1. The third-order valence-corrected chi connectivity index (χ3v) is 16.2. The fraction of sp³-hybridized carbons (Fsp3) is 0.552. The Morgan fingerprint density at radius 3 is 0.545 bits per heavy atom. The maximum Gasteiger partial charge on any atom is 0.137 e. The van der Waals surface area contributed by atoms with Crippen molar-refractivity contribution < 1.29 is 36.9 Å². The zero-order valence-electron chi connectivity index (χ0n) is 43.8. The molecule has 0 radical (unpaired) electrons. The Bertz CT molecular complexity index is 1660. The van der Waals surface area contributed by atoms with Crippen molar-refractivity contribution >= 4 is 11.1 Å². The summed E-state index contributed by atoms with van der Waals surface area (Å²) >= 11 is 0. The molecule has 0 saturated carbocycles. The Morgan fingerprint density at radius 1 is 0.258 bits per heavy atom. The fourth-order valence-electron chi connectivity index (χ4n) is 9.79. The highest BCUT2D eigenvalue weighted by Gasteiger charge is 2.24. The second-order valence-electron chi connectivity index (χ2n) is 18.3. The molecule has 66 heavy (non-hydrogen) atoms. The van der Waals surface area contributed by atoms with E-state index in [0.717, 1.165) is 179 Å². The Hall–Kier alpha value is -4.34. The van der Waals surface area contributed by atoms with Gasteiger partial charge in [0.15, 0.2) is 0 Å². The Labute approximate surface area is 403 Å². The quantitative estimate of drug-likeness (QED) is 0.0361. The van der Waals surface area contributed by atoms with Crippen LogP contribution in [0.3, 0.4) is 0 Å². The highest BCUT2D eigenvalue weighted by atomic mass is 16.5. The molecular weight excluding hydrogens is 817 g/mol. The van der Waals surface area contributed by atoms with Gasteiger partial charge in [-0.15, -0.1) is 0 Å². The summed E-state index contributed by atoms with van der Waals surface area (Å²) in [5, 5.41) is 0. The number of ether oxygens (including phenoxy) is 4. The number of hydrogen-bond acceptors (Lipinski definition) is 4. The molecule has 4 rings (SSSR count). The first kappa shape index (κ1) is 54.3. The maximum absolute atomic E-state index is 6.43. The molecule has 8 heteroatoms. The predicted molar refractivity (Wildman–Crippen MR) is 280 cm³/mol. The van der Waals surface area contributed by atoms with Crippen molar-refractivity contribution in [3.63, 3.8) is 0 Å². The van der Waals surface area contributed by atoms with E-state index in [9.17, 15) is 0 Å². The maximum atomic E-state index is 6.43. The topological polar surface area (TPSA) is 36.9 Å². The van der Waals surface area contributed by atoms with E-state index in [1.807, 2.05) is 0 Å². The van der Waals surface area contributed by atoms with Gasteiger partial charge in [0.25, 0.3) is 0 Å². The van der Waals surface area contributed by atoms with Crippen molar-refractivity contribution in [2.75, 3.05) is 131 Å². The van der Waals surface area contributed by atoms with Crippen LogP contribution in [0.15, 0.2) is 97.1 Å². The van der Waals surface area contributed by atoms with Crippen LogP contribution in [0.25, 0.3) is 11.1 Å². The Morgan fingerprint density at radius 2 is 0.409 bits per heavy atom. The molecular formula is C58H92N4O4+4. The van der Waals surface area contributed by atoms with Crippen LogP contribution in [0, 0.1) is 0 Å². The van der Waals surface area contributed by atoms with Crippen LogP contribution in [-0.4, -0.2) is 149 Å². The SMILES string of the molecule is CC[N+](CC)(CC)CCOc1ccc(C(=C(c2ccc(OCC[N+](CC)(CC)CC)cc2)c2ccc(OCC[N+](CC)(CC)CC)cc2)c2ccc(OCC[N+](CC)(CC)CC)cc2)cc1. The van der Waals surface area contributed by atoms with Crippen LogP contribution in [0.1, 0.15) is 105 Å². The molecule has 0 atom stereocenters. The highest BCUT2D eigenvalue weighted by Crippen LogP contribution is 2.39. The molecule has 0 aliphatic heterocycles. The first-order chi connectivity index (χ1) is 32.0. The summed E-state index contributed by atoms with van der Waals surface area (Å²) in [5.74, 6) is 3.56. The molecule has 0 heterocycles. The summed E-state index contributed by atoms with van der Waals surface area (Å²) in [4.78, 5) is 0. The molecule has 0 spiro atoms. The van der Waals surface area contributed by atoms with Crippen molar-refractivity contribution in [1.29, 1.82) is 0 Å². The van der Waals surface area contributed by atoms with E-state index in [1.165, 1.54) is 0 Å². The first-order valence-corrected chi connectivity index (χ1v) is 26.1. The molecule has 0 N–H and O–H groups in total. The standard InChI is InChI=1S/C58H92N4O4/c1-13-59(14-2,15-3)41-45-63-53-33-25-49(26-34-53)57(50-27-35-54(36-28-50)64-46-42-60(16-4,17-5)18-6)58(51-29-37-55(38-30-51)65-47-43-61(19-7,20-8)21-9)52-31-39-56(40-32-52)66-48-44-62(22-10,23-11)24-12/h25-40H,13-24,41-48H2,1-12H3/q+4. The Kier molecular flexibility index (Phi) is 22.1. The summed E-state index contributed by atoms with van der Waals surface area (Å²) < 4.78 is 30.0. The molecule has 4 aromatic carbocycles. The average molecular weight is 909 g/mol. The lowest BCUT2D eigenvalue weighted by atomic mass is 9.85. The van der Waals surface area contributed by atoms with E-state index < -0.39 is 0 Å². The number of hydrogen-bond donors (Lipinski definition) is 0. The van der Waals surface area contributed by atoms with Gasteiger partial charge in [-0.3, -0.25) is 0 Å². The summed E-state index contributed by atoms with van der Waals surface area (Å²) in [6.07, 6.45) is 0. The van der Waals surface area contributed by atoms with Gasteiger partial charge >= 0.3 is 0 Å². The summed E-state index contributed by atoms with van der Waals surface area (Å²) in [6, 6.07) is 34.9. The molecule has 8 nitrogen and oxygen atoms in total. The molecule has 0 amide bonds. The molecule has 0 unspecified atom stereocenters. The van der Waals surface area contributed by atoms with Crippen molar-refractivity contribution in [2.45, 2.75) is 83.1 Å². The minimum absolute atomic E-state index is 0.687.